The summed E-state index contributed by atoms with van der Waals surface area (Å²) in [6, 6.07) is 5.29. The van der Waals surface area contributed by atoms with Gasteiger partial charge in [0, 0.05) is 11.1 Å². The number of benzene rings is 1. The Hall–Kier alpha value is -1.09. The molecule has 0 unspecified atom stereocenters. The minimum atomic E-state index is -0.589. The van der Waals surface area contributed by atoms with Crippen LogP contribution < -0.4 is 10.5 Å². The van der Waals surface area contributed by atoms with E-state index in [1.807, 2.05) is 13.8 Å². The highest BCUT2D eigenvalue weighted by molar-refractivity contribution is 5.44. The predicted octanol–water partition coefficient (Wildman–Crippen LogP) is 2.36. The van der Waals surface area contributed by atoms with E-state index in [9.17, 15) is 4.39 Å². The molecule has 0 saturated heterocycles. The molecule has 14 heavy (non-hydrogen) atoms. The Bertz CT molecular complexity index is 295. The van der Waals surface area contributed by atoms with Gasteiger partial charge in [-0.3, -0.25) is 0 Å². The van der Waals surface area contributed by atoms with Gasteiger partial charge in [0.2, 0.25) is 0 Å². The van der Waals surface area contributed by atoms with E-state index in [0.29, 0.717) is 11.3 Å². The van der Waals surface area contributed by atoms with Gasteiger partial charge >= 0.3 is 0 Å². The minimum absolute atomic E-state index is 0.521. The Balaban J connectivity index is 3.34. The average molecular weight is 197 g/mol. The zero-order valence-corrected chi connectivity index (χ0v) is 8.80. The molecule has 0 heterocycles. The fourth-order valence-corrected chi connectivity index (χ4v) is 1.59. The lowest BCUT2D eigenvalue weighted by molar-refractivity contribution is 0.387. The lowest BCUT2D eigenvalue weighted by Gasteiger charge is -2.24. The molecule has 0 saturated carbocycles. The molecule has 0 spiro atoms. The third-order valence-electron chi connectivity index (χ3n) is 2.12. The normalized spacial score (nSPS) is 11.5. The zero-order valence-electron chi connectivity index (χ0n) is 8.80. The van der Waals surface area contributed by atoms with Crippen LogP contribution in [0.1, 0.15) is 25.0 Å². The number of hydrogen-bond donors (Lipinski definition) is 1. The van der Waals surface area contributed by atoms with Crippen LogP contribution in [0.25, 0.3) is 0 Å². The summed E-state index contributed by atoms with van der Waals surface area (Å²) in [7, 11) is 1.56. The summed E-state index contributed by atoms with van der Waals surface area (Å²) in [4.78, 5) is 0. The van der Waals surface area contributed by atoms with E-state index < -0.39 is 12.2 Å². The van der Waals surface area contributed by atoms with E-state index in [1.54, 1.807) is 25.3 Å². The summed E-state index contributed by atoms with van der Waals surface area (Å²) in [5.41, 5.74) is 6.71. The lowest BCUT2D eigenvalue weighted by Crippen LogP contribution is -2.30. The van der Waals surface area contributed by atoms with Gasteiger partial charge in [-0.15, -0.1) is 0 Å². The predicted molar refractivity (Wildman–Crippen MR) is 55.0 cm³/mol. The molecule has 2 N–H and O–H groups in total. The fraction of sp³-hybridized carbons (Fsp3) is 0.455. The molecule has 1 aromatic rings. The molecule has 0 radical (unpaired) electrons. The minimum Gasteiger partial charge on any atom is -0.496 e. The Morgan fingerprint density at radius 1 is 1.43 bits per heavy atom. The van der Waals surface area contributed by atoms with Crippen molar-refractivity contribution in [3.63, 3.8) is 0 Å². The quantitative estimate of drug-likeness (QED) is 0.807. The maximum Gasteiger partial charge on any atom is 0.124 e. The first kappa shape index (κ1) is 11.0. The van der Waals surface area contributed by atoms with Crippen molar-refractivity contribution in [2.24, 2.45) is 5.73 Å². The summed E-state index contributed by atoms with van der Waals surface area (Å²) in [6.07, 6.45) is 0. The smallest absolute Gasteiger partial charge is 0.124 e. The van der Waals surface area contributed by atoms with Gasteiger partial charge in [0.05, 0.1) is 7.11 Å². The summed E-state index contributed by atoms with van der Waals surface area (Å²) in [5.74, 6) is 0.646. The van der Waals surface area contributed by atoms with Crippen molar-refractivity contribution in [1.29, 1.82) is 0 Å². The molecule has 0 aromatic heterocycles. The standard InChI is InChI=1S/C11H16FNO/c1-11(2,13)10-8(7-12)5-4-6-9(10)14-3/h4-6H,7,13H2,1-3H3. The molecule has 0 aliphatic carbocycles. The Morgan fingerprint density at radius 2 is 2.07 bits per heavy atom. The highest BCUT2D eigenvalue weighted by Gasteiger charge is 2.22. The van der Waals surface area contributed by atoms with E-state index in [1.165, 1.54) is 0 Å². The highest BCUT2D eigenvalue weighted by atomic mass is 19.1. The van der Waals surface area contributed by atoms with Gasteiger partial charge in [0.1, 0.15) is 12.4 Å². The Kier molecular flexibility index (Phi) is 3.11. The third kappa shape index (κ3) is 2.04. The molecule has 0 amide bonds. The molecule has 3 heteroatoms. The van der Waals surface area contributed by atoms with Crippen LogP contribution in [0, 0.1) is 0 Å². The number of halogens is 1. The maximum atomic E-state index is 12.7. The third-order valence-corrected chi connectivity index (χ3v) is 2.12. The van der Waals surface area contributed by atoms with Crippen LogP contribution in [0.5, 0.6) is 5.75 Å². The van der Waals surface area contributed by atoms with Gasteiger partial charge in [-0.2, -0.15) is 0 Å². The molecule has 0 bridgehead atoms. The number of ether oxygens (including phenoxy) is 1. The molecule has 0 aliphatic rings. The first-order valence-electron chi connectivity index (χ1n) is 4.52. The van der Waals surface area contributed by atoms with E-state index >= 15 is 0 Å². The van der Waals surface area contributed by atoms with Crippen LogP contribution in [-0.4, -0.2) is 7.11 Å². The van der Waals surface area contributed by atoms with Crippen molar-refractivity contribution < 1.29 is 9.13 Å². The highest BCUT2D eigenvalue weighted by Crippen LogP contribution is 2.31. The molecular weight excluding hydrogens is 181 g/mol. The van der Waals surface area contributed by atoms with E-state index in [0.717, 1.165) is 5.56 Å². The number of hydrogen-bond acceptors (Lipinski definition) is 2. The maximum absolute atomic E-state index is 12.7. The van der Waals surface area contributed by atoms with E-state index in [-0.39, 0.29) is 0 Å². The van der Waals surface area contributed by atoms with Gasteiger partial charge in [-0.1, -0.05) is 12.1 Å². The molecule has 0 aliphatic heterocycles. The molecular formula is C11H16FNO. The zero-order chi connectivity index (χ0) is 10.8. The molecule has 1 rings (SSSR count). The van der Waals surface area contributed by atoms with Crippen molar-refractivity contribution in [2.75, 3.05) is 7.11 Å². The van der Waals surface area contributed by atoms with E-state index in [4.69, 9.17) is 10.5 Å². The van der Waals surface area contributed by atoms with Gasteiger partial charge in [-0.05, 0) is 25.5 Å². The van der Waals surface area contributed by atoms with Crippen molar-refractivity contribution in [2.45, 2.75) is 26.1 Å². The van der Waals surface area contributed by atoms with Crippen LogP contribution in [-0.2, 0) is 12.2 Å². The van der Waals surface area contributed by atoms with Crippen LogP contribution in [0.15, 0.2) is 18.2 Å². The van der Waals surface area contributed by atoms with Gasteiger partial charge in [-0.25, -0.2) is 4.39 Å². The van der Waals surface area contributed by atoms with Crippen molar-refractivity contribution >= 4 is 0 Å². The van der Waals surface area contributed by atoms with Crippen LogP contribution in [0.3, 0.4) is 0 Å². The summed E-state index contributed by atoms with van der Waals surface area (Å²) in [5, 5.41) is 0. The van der Waals surface area contributed by atoms with Gasteiger partial charge in [0.15, 0.2) is 0 Å². The van der Waals surface area contributed by atoms with E-state index in [2.05, 4.69) is 0 Å². The second-order valence-corrected chi connectivity index (χ2v) is 3.85. The Morgan fingerprint density at radius 3 is 2.50 bits per heavy atom. The summed E-state index contributed by atoms with van der Waals surface area (Å²) >= 11 is 0. The molecule has 2 nitrogen and oxygen atoms in total. The number of methoxy groups -OCH3 is 1. The molecule has 1 aromatic carbocycles. The van der Waals surface area contributed by atoms with Crippen molar-refractivity contribution in [1.82, 2.24) is 0 Å². The first-order valence-corrected chi connectivity index (χ1v) is 4.52. The number of nitrogens with two attached hydrogens (primary N) is 1. The lowest BCUT2D eigenvalue weighted by atomic mass is 9.90. The fourth-order valence-electron chi connectivity index (χ4n) is 1.59. The second kappa shape index (κ2) is 3.96. The number of rotatable bonds is 3. The van der Waals surface area contributed by atoms with Crippen LogP contribution in [0.2, 0.25) is 0 Å². The van der Waals surface area contributed by atoms with Gasteiger partial charge in [0.25, 0.3) is 0 Å². The molecule has 0 fully saturated rings. The van der Waals surface area contributed by atoms with Gasteiger partial charge < -0.3 is 10.5 Å². The van der Waals surface area contributed by atoms with Crippen LogP contribution in [0.4, 0.5) is 4.39 Å². The van der Waals surface area contributed by atoms with Crippen LogP contribution >= 0.6 is 0 Å². The Labute approximate surface area is 83.9 Å². The van der Waals surface area contributed by atoms with Crippen molar-refractivity contribution in [3.8, 4) is 5.75 Å². The largest absolute Gasteiger partial charge is 0.496 e. The van der Waals surface area contributed by atoms with Crippen molar-refractivity contribution in [3.05, 3.63) is 29.3 Å². The SMILES string of the molecule is COc1cccc(CF)c1C(C)(C)N. The first-order chi connectivity index (χ1) is 6.50. The molecule has 78 valence electrons. The second-order valence-electron chi connectivity index (χ2n) is 3.85. The molecule has 0 atom stereocenters. The summed E-state index contributed by atoms with van der Waals surface area (Å²) in [6.45, 7) is 3.15. The monoisotopic (exact) mass is 197 g/mol. The number of alkyl halides is 1. The topological polar surface area (TPSA) is 35.2 Å². The average Bonchev–Trinajstić information content (AvgIpc) is 2.15. The summed E-state index contributed by atoms with van der Waals surface area (Å²) < 4.78 is 17.9.